The van der Waals surface area contributed by atoms with Crippen molar-refractivity contribution in [1.29, 1.82) is 0 Å². The molecule has 0 aliphatic rings. The van der Waals surface area contributed by atoms with Crippen LogP contribution in [0.1, 0.15) is 15.9 Å². The summed E-state index contributed by atoms with van der Waals surface area (Å²) in [7, 11) is 0. The lowest BCUT2D eigenvalue weighted by atomic mass is 10.1. The molecule has 2 aromatic rings. The highest BCUT2D eigenvalue weighted by molar-refractivity contribution is 6.34. The molecule has 0 fully saturated rings. The number of anilines is 1. The number of carbonyl (C=O) groups is 1. The number of aromatic nitrogens is 1. The zero-order valence-corrected chi connectivity index (χ0v) is 11.0. The van der Waals surface area contributed by atoms with Crippen molar-refractivity contribution >= 4 is 23.2 Å². The van der Waals surface area contributed by atoms with Crippen LogP contribution in [0, 0.1) is 0 Å². The lowest BCUT2D eigenvalue weighted by Crippen LogP contribution is -2.26. The topological polar surface area (TPSA) is 68.0 Å². The molecule has 1 heterocycles. The summed E-state index contributed by atoms with van der Waals surface area (Å²) in [5, 5.41) is 3.21. The highest BCUT2D eigenvalue weighted by Gasteiger charge is 2.09. The van der Waals surface area contributed by atoms with Crippen LogP contribution in [0.4, 0.5) is 5.69 Å². The van der Waals surface area contributed by atoms with Crippen LogP contribution in [0.5, 0.6) is 0 Å². The van der Waals surface area contributed by atoms with Gasteiger partial charge < -0.3 is 11.1 Å². The number of halogens is 1. The van der Waals surface area contributed by atoms with Crippen LogP contribution in [0.25, 0.3) is 0 Å². The monoisotopic (exact) mass is 275 g/mol. The largest absolute Gasteiger partial charge is 0.399 e. The van der Waals surface area contributed by atoms with E-state index in [2.05, 4.69) is 10.3 Å². The van der Waals surface area contributed by atoms with E-state index < -0.39 is 0 Å². The molecule has 1 amide bonds. The average Bonchev–Trinajstić information content (AvgIpc) is 2.42. The molecule has 0 bridgehead atoms. The molecule has 0 aliphatic carbocycles. The Hall–Kier alpha value is -2.07. The summed E-state index contributed by atoms with van der Waals surface area (Å²) in [4.78, 5) is 15.9. The molecule has 0 saturated heterocycles. The number of nitrogens with zero attached hydrogens (tertiary/aromatic N) is 1. The van der Waals surface area contributed by atoms with E-state index in [9.17, 15) is 4.79 Å². The molecule has 0 aliphatic heterocycles. The third-order valence-corrected chi connectivity index (χ3v) is 3.01. The Labute approximate surface area is 116 Å². The number of pyridine rings is 1. The fourth-order valence-corrected chi connectivity index (χ4v) is 1.89. The fourth-order valence-electron chi connectivity index (χ4n) is 1.68. The summed E-state index contributed by atoms with van der Waals surface area (Å²) in [6.07, 6.45) is 4.20. The van der Waals surface area contributed by atoms with Gasteiger partial charge in [-0.15, -0.1) is 0 Å². The van der Waals surface area contributed by atoms with Crippen molar-refractivity contribution in [2.45, 2.75) is 6.42 Å². The van der Waals surface area contributed by atoms with Gasteiger partial charge in [0.25, 0.3) is 5.91 Å². The Kier molecular flexibility index (Phi) is 4.36. The second-order valence-corrected chi connectivity index (χ2v) is 4.51. The molecule has 4 nitrogen and oxygen atoms in total. The molecular weight excluding hydrogens is 262 g/mol. The first-order valence-corrected chi connectivity index (χ1v) is 6.27. The zero-order valence-electron chi connectivity index (χ0n) is 10.3. The molecule has 3 N–H and O–H groups in total. The number of carbonyl (C=O) groups excluding carboxylic acids is 1. The summed E-state index contributed by atoms with van der Waals surface area (Å²) in [5.41, 5.74) is 7.68. The van der Waals surface area contributed by atoms with Gasteiger partial charge >= 0.3 is 0 Å². The van der Waals surface area contributed by atoms with Crippen molar-refractivity contribution < 1.29 is 4.79 Å². The maximum atomic E-state index is 11.9. The Morgan fingerprint density at radius 2 is 2.00 bits per heavy atom. The van der Waals surface area contributed by atoms with Crippen molar-refractivity contribution in [2.75, 3.05) is 12.3 Å². The van der Waals surface area contributed by atoms with E-state index in [-0.39, 0.29) is 5.91 Å². The summed E-state index contributed by atoms with van der Waals surface area (Å²) < 4.78 is 0. The van der Waals surface area contributed by atoms with E-state index in [0.717, 1.165) is 12.0 Å². The van der Waals surface area contributed by atoms with E-state index in [1.165, 1.54) is 0 Å². The van der Waals surface area contributed by atoms with Crippen molar-refractivity contribution in [2.24, 2.45) is 0 Å². The number of amides is 1. The lowest BCUT2D eigenvalue weighted by molar-refractivity contribution is 0.0954. The Balaban J connectivity index is 1.93. The number of hydrogen-bond donors (Lipinski definition) is 2. The first kappa shape index (κ1) is 13.4. The second-order valence-electron chi connectivity index (χ2n) is 4.10. The van der Waals surface area contributed by atoms with Gasteiger partial charge in [0, 0.05) is 24.6 Å². The van der Waals surface area contributed by atoms with E-state index in [1.54, 1.807) is 30.6 Å². The number of rotatable bonds is 4. The third kappa shape index (κ3) is 3.69. The number of nitrogens with one attached hydrogen (secondary N) is 1. The third-order valence-electron chi connectivity index (χ3n) is 2.68. The molecule has 19 heavy (non-hydrogen) atoms. The standard InChI is InChI=1S/C14H14ClN3O/c15-13-2-1-11(16)9-12(13)14(19)18-8-5-10-3-6-17-7-4-10/h1-4,6-7,9H,5,8,16H2,(H,18,19). The first-order chi connectivity index (χ1) is 9.16. The van der Waals surface area contributed by atoms with Crippen LogP contribution in [0.2, 0.25) is 5.02 Å². The highest BCUT2D eigenvalue weighted by Crippen LogP contribution is 2.18. The maximum absolute atomic E-state index is 11.9. The molecule has 1 aromatic carbocycles. The van der Waals surface area contributed by atoms with Crippen LogP contribution < -0.4 is 11.1 Å². The van der Waals surface area contributed by atoms with Crippen LogP contribution in [0.3, 0.4) is 0 Å². The minimum atomic E-state index is -0.216. The van der Waals surface area contributed by atoms with Gasteiger partial charge in [-0.05, 0) is 42.3 Å². The van der Waals surface area contributed by atoms with Gasteiger partial charge in [-0.1, -0.05) is 11.6 Å². The lowest BCUT2D eigenvalue weighted by Gasteiger charge is -2.07. The normalized spacial score (nSPS) is 10.2. The first-order valence-electron chi connectivity index (χ1n) is 5.89. The average molecular weight is 276 g/mol. The molecule has 0 unspecified atom stereocenters. The molecule has 98 valence electrons. The minimum absolute atomic E-state index is 0.216. The molecule has 5 heteroatoms. The Morgan fingerprint density at radius 3 is 2.74 bits per heavy atom. The molecule has 1 aromatic heterocycles. The zero-order chi connectivity index (χ0) is 13.7. The van der Waals surface area contributed by atoms with Crippen LogP contribution in [-0.2, 0) is 6.42 Å². The van der Waals surface area contributed by atoms with E-state index in [1.807, 2.05) is 12.1 Å². The van der Waals surface area contributed by atoms with E-state index in [4.69, 9.17) is 17.3 Å². The number of nitrogen functional groups attached to an aromatic ring is 1. The Bertz CT molecular complexity index is 572. The SMILES string of the molecule is Nc1ccc(Cl)c(C(=O)NCCc2ccncc2)c1. The molecule has 2 rings (SSSR count). The molecule has 0 atom stereocenters. The van der Waals surface area contributed by atoms with Crippen LogP contribution in [-0.4, -0.2) is 17.4 Å². The van der Waals surface area contributed by atoms with Gasteiger partial charge in [0.1, 0.15) is 0 Å². The fraction of sp³-hybridized carbons (Fsp3) is 0.143. The highest BCUT2D eigenvalue weighted by atomic mass is 35.5. The summed E-state index contributed by atoms with van der Waals surface area (Å²) in [5.74, 6) is -0.216. The predicted molar refractivity (Wildman–Crippen MR) is 76.1 cm³/mol. The van der Waals surface area contributed by atoms with Gasteiger partial charge in [0.2, 0.25) is 0 Å². The number of nitrogens with two attached hydrogens (primary N) is 1. The number of benzene rings is 1. The van der Waals surface area contributed by atoms with Crippen LogP contribution >= 0.6 is 11.6 Å². The second kappa shape index (κ2) is 6.20. The van der Waals surface area contributed by atoms with Crippen molar-refractivity contribution in [3.8, 4) is 0 Å². The summed E-state index contributed by atoms with van der Waals surface area (Å²) >= 11 is 5.96. The van der Waals surface area contributed by atoms with Gasteiger partial charge in [-0.2, -0.15) is 0 Å². The smallest absolute Gasteiger partial charge is 0.252 e. The minimum Gasteiger partial charge on any atom is -0.399 e. The van der Waals surface area contributed by atoms with Crippen molar-refractivity contribution in [1.82, 2.24) is 10.3 Å². The quantitative estimate of drug-likeness (QED) is 0.841. The molecule has 0 saturated carbocycles. The Morgan fingerprint density at radius 1 is 1.26 bits per heavy atom. The maximum Gasteiger partial charge on any atom is 0.252 e. The van der Waals surface area contributed by atoms with E-state index >= 15 is 0 Å². The van der Waals surface area contributed by atoms with Gasteiger partial charge in [-0.25, -0.2) is 0 Å². The van der Waals surface area contributed by atoms with Crippen LogP contribution in [0.15, 0.2) is 42.7 Å². The van der Waals surface area contributed by atoms with Gasteiger partial charge in [-0.3, -0.25) is 9.78 Å². The van der Waals surface area contributed by atoms with Crippen molar-refractivity contribution in [3.63, 3.8) is 0 Å². The van der Waals surface area contributed by atoms with E-state index in [0.29, 0.717) is 22.8 Å². The summed E-state index contributed by atoms with van der Waals surface area (Å²) in [6, 6.07) is 8.69. The van der Waals surface area contributed by atoms with Gasteiger partial charge in [0.05, 0.1) is 10.6 Å². The molecule has 0 spiro atoms. The van der Waals surface area contributed by atoms with Crippen molar-refractivity contribution in [3.05, 3.63) is 58.9 Å². The predicted octanol–water partition coefficient (Wildman–Crippen LogP) is 2.29. The molecule has 0 radical (unpaired) electrons. The molecular formula is C14H14ClN3O. The number of hydrogen-bond acceptors (Lipinski definition) is 3. The van der Waals surface area contributed by atoms with Gasteiger partial charge in [0.15, 0.2) is 0 Å². The summed E-state index contributed by atoms with van der Waals surface area (Å²) in [6.45, 7) is 0.536.